The van der Waals surface area contributed by atoms with Crippen molar-refractivity contribution in [2.45, 2.75) is 32.2 Å². The lowest BCUT2D eigenvalue weighted by molar-refractivity contribution is 0.0209. The second-order valence-corrected chi connectivity index (χ2v) is 6.94. The highest BCUT2D eigenvalue weighted by molar-refractivity contribution is 5.92. The number of anilines is 1. The molecule has 0 saturated carbocycles. The van der Waals surface area contributed by atoms with Crippen molar-refractivity contribution in [3.05, 3.63) is 36.0 Å². The number of para-hydroxylation sites is 1. The van der Waals surface area contributed by atoms with Gasteiger partial charge in [0.25, 0.3) is 0 Å². The Morgan fingerprint density at radius 2 is 2.00 bits per heavy atom. The van der Waals surface area contributed by atoms with Gasteiger partial charge in [0.15, 0.2) is 0 Å². The molecule has 0 amide bonds. The zero-order valence-electron chi connectivity index (χ0n) is 14.6. The van der Waals surface area contributed by atoms with E-state index in [0.29, 0.717) is 6.04 Å². The van der Waals surface area contributed by atoms with Gasteiger partial charge in [-0.05, 0) is 25.0 Å². The molecule has 2 aliphatic heterocycles. The number of fused-ring (bicyclic) bond motifs is 1. The Kier molecular flexibility index (Phi) is 4.67. The minimum absolute atomic E-state index is 0.662. The summed E-state index contributed by atoms with van der Waals surface area (Å²) in [6, 6.07) is 11.6. The van der Waals surface area contributed by atoms with Gasteiger partial charge in [-0.1, -0.05) is 31.5 Å². The van der Waals surface area contributed by atoms with E-state index in [2.05, 4.69) is 47.1 Å². The van der Waals surface area contributed by atoms with E-state index in [0.717, 1.165) is 57.8 Å². The number of aromatic nitrogens is 1. The van der Waals surface area contributed by atoms with Crippen molar-refractivity contribution in [1.82, 2.24) is 9.88 Å². The number of morpholine rings is 1. The van der Waals surface area contributed by atoms with Crippen molar-refractivity contribution in [2.75, 3.05) is 44.3 Å². The molecule has 1 aromatic carbocycles. The van der Waals surface area contributed by atoms with Crippen LogP contribution < -0.4 is 4.90 Å². The molecular formula is C20H27N3O. The Morgan fingerprint density at radius 1 is 1.17 bits per heavy atom. The Morgan fingerprint density at radius 3 is 2.83 bits per heavy atom. The molecule has 0 aliphatic carbocycles. The van der Waals surface area contributed by atoms with Gasteiger partial charge in [0.1, 0.15) is 0 Å². The van der Waals surface area contributed by atoms with Crippen LogP contribution in [0.4, 0.5) is 5.69 Å². The normalized spacial score (nSPS) is 22.4. The minimum Gasteiger partial charge on any atom is -0.379 e. The first-order valence-corrected chi connectivity index (χ1v) is 9.30. The number of nitrogens with zero attached hydrogens (tertiary/aromatic N) is 3. The molecule has 2 saturated heterocycles. The first kappa shape index (κ1) is 15.9. The van der Waals surface area contributed by atoms with Crippen molar-refractivity contribution < 1.29 is 4.74 Å². The quantitative estimate of drug-likeness (QED) is 0.864. The zero-order chi connectivity index (χ0) is 16.4. The second-order valence-electron chi connectivity index (χ2n) is 6.94. The third-order valence-electron chi connectivity index (χ3n) is 5.32. The van der Waals surface area contributed by atoms with Crippen LogP contribution in [0.25, 0.3) is 10.9 Å². The van der Waals surface area contributed by atoms with E-state index < -0.39 is 0 Å². The molecule has 0 bridgehead atoms. The van der Waals surface area contributed by atoms with Gasteiger partial charge in [0.2, 0.25) is 0 Å². The van der Waals surface area contributed by atoms with Crippen LogP contribution in [0.2, 0.25) is 0 Å². The van der Waals surface area contributed by atoms with Crippen LogP contribution in [0, 0.1) is 0 Å². The predicted octanol–water partition coefficient (Wildman–Crippen LogP) is 3.10. The van der Waals surface area contributed by atoms with Gasteiger partial charge < -0.3 is 9.64 Å². The third kappa shape index (κ3) is 3.13. The molecule has 1 unspecified atom stereocenters. The number of aryl methyl sites for hydroxylation is 1. The van der Waals surface area contributed by atoms with E-state index >= 15 is 0 Å². The molecule has 2 aromatic rings. The summed E-state index contributed by atoms with van der Waals surface area (Å²) < 4.78 is 5.51. The minimum atomic E-state index is 0.662. The lowest BCUT2D eigenvalue weighted by atomic mass is 10.1. The Bertz CT molecular complexity index is 696. The van der Waals surface area contributed by atoms with Gasteiger partial charge in [-0.2, -0.15) is 0 Å². The molecular weight excluding hydrogens is 298 g/mol. The molecule has 4 heteroatoms. The van der Waals surface area contributed by atoms with Gasteiger partial charge in [0.05, 0.1) is 18.7 Å². The number of benzene rings is 1. The summed E-state index contributed by atoms with van der Waals surface area (Å²) in [7, 11) is 0. The summed E-state index contributed by atoms with van der Waals surface area (Å²) in [5.74, 6) is 0. The van der Waals surface area contributed by atoms with Gasteiger partial charge in [-0.25, -0.2) is 0 Å². The number of ether oxygens (including phenoxy) is 1. The SMILES string of the molecule is CCCc1cc(N2CCC(N3CCOCC3)C2)c2ccccc2n1. The van der Waals surface area contributed by atoms with Crippen LogP contribution in [-0.4, -0.2) is 55.3 Å². The number of hydrogen-bond acceptors (Lipinski definition) is 4. The fourth-order valence-electron chi connectivity index (χ4n) is 4.06. The fraction of sp³-hybridized carbons (Fsp3) is 0.550. The van der Waals surface area contributed by atoms with Crippen LogP contribution in [0.3, 0.4) is 0 Å². The summed E-state index contributed by atoms with van der Waals surface area (Å²) in [5.41, 5.74) is 3.73. The molecule has 1 atom stereocenters. The summed E-state index contributed by atoms with van der Waals surface area (Å²) in [4.78, 5) is 10.0. The average molecular weight is 325 g/mol. The fourth-order valence-corrected chi connectivity index (χ4v) is 4.06. The molecule has 24 heavy (non-hydrogen) atoms. The number of rotatable bonds is 4. The van der Waals surface area contributed by atoms with E-state index in [4.69, 9.17) is 9.72 Å². The van der Waals surface area contributed by atoms with Crippen molar-refractivity contribution >= 4 is 16.6 Å². The van der Waals surface area contributed by atoms with Crippen LogP contribution in [0.5, 0.6) is 0 Å². The molecule has 4 nitrogen and oxygen atoms in total. The standard InChI is InChI=1S/C20H27N3O/c1-2-5-16-14-20(18-6-3-4-7-19(18)21-16)23-9-8-17(15-23)22-10-12-24-13-11-22/h3-4,6-7,14,17H,2,5,8-13,15H2,1H3. The van der Waals surface area contributed by atoms with E-state index in [1.165, 1.54) is 23.2 Å². The highest BCUT2D eigenvalue weighted by Gasteiger charge is 2.29. The third-order valence-corrected chi connectivity index (χ3v) is 5.32. The molecule has 0 radical (unpaired) electrons. The topological polar surface area (TPSA) is 28.6 Å². The summed E-state index contributed by atoms with van der Waals surface area (Å²) >= 11 is 0. The van der Waals surface area contributed by atoms with Crippen LogP contribution in [-0.2, 0) is 11.2 Å². The molecule has 2 aliphatic rings. The maximum absolute atomic E-state index is 5.51. The largest absolute Gasteiger partial charge is 0.379 e. The Balaban J connectivity index is 1.61. The van der Waals surface area contributed by atoms with Gasteiger partial charge in [-0.3, -0.25) is 9.88 Å². The Labute approximate surface area is 144 Å². The highest BCUT2D eigenvalue weighted by atomic mass is 16.5. The summed E-state index contributed by atoms with van der Waals surface area (Å²) in [6.45, 7) is 8.42. The lowest BCUT2D eigenvalue weighted by Crippen LogP contribution is -2.44. The second kappa shape index (κ2) is 7.08. The molecule has 128 valence electrons. The zero-order valence-corrected chi connectivity index (χ0v) is 14.6. The van der Waals surface area contributed by atoms with Crippen LogP contribution in [0.15, 0.2) is 30.3 Å². The van der Waals surface area contributed by atoms with E-state index in [1.807, 2.05) is 0 Å². The van der Waals surface area contributed by atoms with Crippen molar-refractivity contribution in [3.63, 3.8) is 0 Å². The van der Waals surface area contributed by atoms with Crippen molar-refractivity contribution in [2.24, 2.45) is 0 Å². The summed E-state index contributed by atoms with van der Waals surface area (Å²) in [5, 5.41) is 1.29. The van der Waals surface area contributed by atoms with Crippen molar-refractivity contribution in [3.8, 4) is 0 Å². The van der Waals surface area contributed by atoms with Crippen molar-refractivity contribution in [1.29, 1.82) is 0 Å². The van der Waals surface area contributed by atoms with Crippen LogP contribution in [0.1, 0.15) is 25.5 Å². The van der Waals surface area contributed by atoms with E-state index in [1.54, 1.807) is 0 Å². The molecule has 1 aromatic heterocycles. The molecule has 4 rings (SSSR count). The van der Waals surface area contributed by atoms with Gasteiger partial charge in [0, 0.05) is 49.0 Å². The smallest absolute Gasteiger partial charge is 0.0726 e. The number of hydrogen-bond donors (Lipinski definition) is 0. The maximum Gasteiger partial charge on any atom is 0.0726 e. The molecule has 3 heterocycles. The molecule has 0 spiro atoms. The first-order chi connectivity index (χ1) is 11.8. The first-order valence-electron chi connectivity index (χ1n) is 9.30. The van der Waals surface area contributed by atoms with E-state index in [9.17, 15) is 0 Å². The highest BCUT2D eigenvalue weighted by Crippen LogP contribution is 2.31. The lowest BCUT2D eigenvalue weighted by Gasteiger charge is -2.32. The number of pyridine rings is 1. The van der Waals surface area contributed by atoms with Gasteiger partial charge >= 0.3 is 0 Å². The molecule has 0 N–H and O–H groups in total. The monoisotopic (exact) mass is 325 g/mol. The van der Waals surface area contributed by atoms with Gasteiger partial charge in [-0.15, -0.1) is 0 Å². The van der Waals surface area contributed by atoms with E-state index in [-0.39, 0.29) is 0 Å². The predicted molar refractivity (Wildman–Crippen MR) is 98.7 cm³/mol. The average Bonchev–Trinajstić information content (AvgIpc) is 3.12. The summed E-state index contributed by atoms with van der Waals surface area (Å²) in [6.07, 6.45) is 3.44. The molecule has 2 fully saturated rings. The Hall–Kier alpha value is -1.65. The van der Waals surface area contributed by atoms with Crippen LogP contribution >= 0.6 is 0 Å². The maximum atomic E-state index is 5.51.